The van der Waals surface area contributed by atoms with E-state index in [1.165, 1.54) is 0 Å². The molecule has 2 rings (SSSR count). The Balaban J connectivity index is 1.94. The lowest BCUT2D eigenvalue weighted by molar-refractivity contribution is 0.0606. The van der Waals surface area contributed by atoms with Crippen molar-refractivity contribution in [3.05, 3.63) is 17.5 Å². The largest absolute Gasteiger partial charge is 0.361 e. The fourth-order valence-electron chi connectivity index (χ4n) is 2.02. The molecular formula is C12H16N4O2. The summed E-state index contributed by atoms with van der Waals surface area (Å²) in [7, 11) is 0. The highest BCUT2D eigenvalue weighted by Crippen LogP contribution is 2.10. The Kier molecular flexibility index (Phi) is 3.63. The van der Waals surface area contributed by atoms with Gasteiger partial charge in [-0.05, 0) is 13.8 Å². The molecule has 0 saturated carbocycles. The third-order valence-electron chi connectivity index (χ3n) is 3.18. The van der Waals surface area contributed by atoms with Gasteiger partial charge in [-0.3, -0.25) is 9.69 Å². The summed E-state index contributed by atoms with van der Waals surface area (Å²) in [5.41, 5.74) is 0.356. The molecule has 1 fully saturated rings. The number of hydrogen-bond donors (Lipinski definition) is 0. The van der Waals surface area contributed by atoms with Crippen LogP contribution in [0.4, 0.5) is 0 Å². The van der Waals surface area contributed by atoms with Crippen LogP contribution in [-0.2, 0) is 0 Å². The van der Waals surface area contributed by atoms with E-state index in [0.717, 1.165) is 13.1 Å². The van der Waals surface area contributed by atoms with Crippen molar-refractivity contribution < 1.29 is 9.32 Å². The van der Waals surface area contributed by atoms with Crippen LogP contribution in [0.3, 0.4) is 0 Å². The van der Waals surface area contributed by atoms with E-state index in [-0.39, 0.29) is 11.9 Å². The van der Waals surface area contributed by atoms with Crippen molar-refractivity contribution in [2.45, 2.75) is 19.9 Å². The average molecular weight is 248 g/mol. The van der Waals surface area contributed by atoms with Crippen LogP contribution in [0, 0.1) is 18.3 Å². The third-order valence-corrected chi connectivity index (χ3v) is 3.18. The molecule has 1 aliphatic heterocycles. The lowest BCUT2D eigenvalue weighted by atomic mass is 10.2. The van der Waals surface area contributed by atoms with Crippen molar-refractivity contribution in [1.82, 2.24) is 15.0 Å². The van der Waals surface area contributed by atoms with Gasteiger partial charge >= 0.3 is 0 Å². The summed E-state index contributed by atoms with van der Waals surface area (Å²) in [6.07, 6.45) is 0. The highest BCUT2D eigenvalue weighted by molar-refractivity contribution is 5.92. The molecule has 0 aromatic carbocycles. The summed E-state index contributed by atoms with van der Waals surface area (Å²) in [6, 6.07) is 3.75. The molecule has 0 radical (unpaired) electrons. The molecule has 6 nitrogen and oxygen atoms in total. The highest BCUT2D eigenvalue weighted by Gasteiger charge is 2.26. The number of nitrogens with zero attached hydrogens (tertiary/aromatic N) is 4. The van der Waals surface area contributed by atoms with E-state index in [1.54, 1.807) is 17.9 Å². The quantitative estimate of drug-likeness (QED) is 0.768. The van der Waals surface area contributed by atoms with Gasteiger partial charge in [-0.15, -0.1) is 0 Å². The van der Waals surface area contributed by atoms with Gasteiger partial charge in [0, 0.05) is 32.2 Å². The van der Waals surface area contributed by atoms with Crippen LogP contribution in [0.25, 0.3) is 0 Å². The fourth-order valence-corrected chi connectivity index (χ4v) is 2.02. The van der Waals surface area contributed by atoms with Crippen LogP contribution in [0.2, 0.25) is 0 Å². The number of nitriles is 1. The van der Waals surface area contributed by atoms with Gasteiger partial charge < -0.3 is 9.42 Å². The molecule has 1 saturated heterocycles. The van der Waals surface area contributed by atoms with E-state index in [2.05, 4.69) is 16.1 Å². The monoisotopic (exact) mass is 248 g/mol. The minimum atomic E-state index is -0.101. The van der Waals surface area contributed by atoms with Crippen molar-refractivity contribution in [2.24, 2.45) is 0 Å². The first-order chi connectivity index (χ1) is 8.61. The maximum atomic E-state index is 12.1. The molecule has 1 atom stereocenters. The van der Waals surface area contributed by atoms with Crippen molar-refractivity contribution in [2.75, 3.05) is 26.2 Å². The second kappa shape index (κ2) is 5.19. The maximum absolute atomic E-state index is 12.1. The van der Waals surface area contributed by atoms with Gasteiger partial charge in [0.25, 0.3) is 5.91 Å². The molecular weight excluding hydrogens is 232 g/mol. The van der Waals surface area contributed by atoms with Crippen LogP contribution in [0.5, 0.6) is 0 Å². The van der Waals surface area contributed by atoms with Gasteiger partial charge in [-0.1, -0.05) is 5.16 Å². The fraction of sp³-hybridized carbons (Fsp3) is 0.583. The number of rotatable bonds is 2. The molecule has 1 aromatic heterocycles. The summed E-state index contributed by atoms with van der Waals surface area (Å²) in [5.74, 6) is 0.534. The zero-order chi connectivity index (χ0) is 13.1. The summed E-state index contributed by atoms with van der Waals surface area (Å²) in [5, 5.41) is 12.6. The Labute approximate surface area is 106 Å². The van der Waals surface area contributed by atoms with Crippen LogP contribution >= 0.6 is 0 Å². The number of carbonyl (C=O) groups is 1. The normalized spacial score (nSPS) is 18.4. The van der Waals surface area contributed by atoms with Gasteiger partial charge in [0.05, 0.1) is 12.1 Å². The molecule has 6 heteroatoms. The van der Waals surface area contributed by atoms with Gasteiger partial charge in [0.15, 0.2) is 5.69 Å². The first-order valence-electron chi connectivity index (χ1n) is 5.98. The Morgan fingerprint density at radius 1 is 1.50 bits per heavy atom. The van der Waals surface area contributed by atoms with E-state index < -0.39 is 0 Å². The van der Waals surface area contributed by atoms with Crippen molar-refractivity contribution in [1.29, 1.82) is 5.26 Å². The Morgan fingerprint density at radius 3 is 2.67 bits per heavy atom. The Hall–Kier alpha value is -1.87. The zero-order valence-electron chi connectivity index (χ0n) is 10.6. The zero-order valence-corrected chi connectivity index (χ0v) is 10.6. The molecule has 1 amide bonds. The van der Waals surface area contributed by atoms with Gasteiger partial charge in [0.2, 0.25) is 0 Å². The molecule has 96 valence electrons. The number of piperazine rings is 1. The van der Waals surface area contributed by atoms with Crippen LogP contribution in [0.15, 0.2) is 10.6 Å². The molecule has 2 heterocycles. The standard InChI is InChI=1S/C12H16N4O2/c1-9(8-13)15-3-5-16(6-4-15)12(17)11-7-10(2)18-14-11/h7,9H,3-6H2,1-2H3. The predicted octanol–water partition coefficient (Wildman–Crippen LogP) is 0.653. The van der Waals surface area contributed by atoms with Crippen molar-refractivity contribution in [3.63, 3.8) is 0 Å². The molecule has 1 aliphatic rings. The second-order valence-electron chi connectivity index (χ2n) is 4.46. The first-order valence-corrected chi connectivity index (χ1v) is 5.98. The Bertz CT molecular complexity index is 469. The van der Waals surface area contributed by atoms with Crippen molar-refractivity contribution >= 4 is 5.91 Å². The van der Waals surface area contributed by atoms with E-state index in [9.17, 15) is 4.79 Å². The summed E-state index contributed by atoms with van der Waals surface area (Å²) in [4.78, 5) is 15.9. The lowest BCUT2D eigenvalue weighted by Crippen LogP contribution is -2.51. The SMILES string of the molecule is Cc1cc(C(=O)N2CCN(C(C)C#N)CC2)no1. The number of aromatic nitrogens is 1. The Morgan fingerprint density at radius 2 is 2.17 bits per heavy atom. The highest BCUT2D eigenvalue weighted by atomic mass is 16.5. The summed E-state index contributed by atoms with van der Waals surface area (Å²) in [6.45, 7) is 6.32. The first kappa shape index (κ1) is 12.6. The van der Waals surface area contributed by atoms with Crippen LogP contribution in [-0.4, -0.2) is 53.1 Å². The lowest BCUT2D eigenvalue weighted by Gasteiger charge is -2.35. The number of amides is 1. The maximum Gasteiger partial charge on any atom is 0.276 e. The van der Waals surface area contributed by atoms with Gasteiger partial charge in [0.1, 0.15) is 5.76 Å². The number of aryl methyl sites for hydroxylation is 1. The minimum absolute atomic E-state index is 0.100. The molecule has 1 unspecified atom stereocenters. The number of hydrogen-bond acceptors (Lipinski definition) is 5. The minimum Gasteiger partial charge on any atom is -0.361 e. The predicted molar refractivity (Wildman–Crippen MR) is 63.8 cm³/mol. The molecule has 0 spiro atoms. The molecule has 0 bridgehead atoms. The molecule has 0 N–H and O–H groups in total. The van der Waals surface area contributed by atoms with Crippen LogP contribution < -0.4 is 0 Å². The van der Waals surface area contributed by atoms with E-state index >= 15 is 0 Å². The molecule has 18 heavy (non-hydrogen) atoms. The van der Waals surface area contributed by atoms with Gasteiger partial charge in [-0.25, -0.2) is 0 Å². The molecule has 1 aromatic rings. The second-order valence-corrected chi connectivity index (χ2v) is 4.46. The van der Waals surface area contributed by atoms with Crippen molar-refractivity contribution in [3.8, 4) is 6.07 Å². The van der Waals surface area contributed by atoms with E-state index in [4.69, 9.17) is 9.78 Å². The van der Waals surface area contributed by atoms with Gasteiger partial charge in [-0.2, -0.15) is 5.26 Å². The average Bonchev–Trinajstić information content (AvgIpc) is 2.84. The van der Waals surface area contributed by atoms with Crippen LogP contribution in [0.1, 0.15) is 23.2 Å². The summed E-state index contributed by atoms with van der Waals surface area (Å²) < 4.78 is 4.90. The molecule has 0 aliphatic carbocycles. The number of carbonyl (C=O) groups excluding carboxylic acids is 1. The smallest absolute Gasteiger partial charge is 0.276 e. The summed E-state index contributed by atoms with van der Waals surface area (Å²) >= 11 is 0. The topological polar surface area (TPSA) is 73.4 Å². The third kappa shape index (κ3) is 2.51. The van der Waals surface area contributed by atoms with E-state index in [0.29, 0.717) is 24.5 Å². The van der Waals surface area contributed by atoms with E-state index in [1.807, 2.05) is 6.92 Å².